The number of aromatic carboxylic acids is 1. The molecule has 3 rings (SSSR count). The van der Waals surface area contributed by atoms with Crippen molar-refractivity contribution in [2.24, 2.45) is 0 Å². The first-order valence-electron chi connectivity index (χ1n) is 6.49. The van der Waals surface area contributed by atoms with Gasteiger partial charge in [0.25, 0.3) is 0 Å². The lowest BCUT2D eigenvalue weighted by Crippen LogP contribution is -2.07. The van der Waals surface area contributed by atoms with Gasteiger partial charge in [-0.25, -0.2) is 9.48 Å². The maximum Gasteiger partial charge on any atom is 0.358 e. The van der Waals surface area contributed by atoms with Gasteiger partial charge in [0.05, 0.1) is 11.4 Å². The number of aryl methyl sites for hydroxylation is 1. The van der Waals surface area contributed by atoms with Gasteiger partial charge in [0, 0.05) is 5.92 Å². The molecular weight excluding hydrogens is 242 g/mol. The predicted octanol–water partition coefficient (Wildman–Crippen LogP) is 2.41. The first-order valence-corrected chi connectivity index (χ1v) is 6.49. The molecule has 2 aromatic rings. The fourth-order valence-electron chi connectivity index (χ4n) is 2.36. The molecule has 1 heterocycles. The molecule has 0 atom stereocenters. The SMILES string of the molecule is CCc1ccccc1-n1nnc(C(=O)O)c1C1CC1. The van der Waals surface area contributed by atoms with Crippen LogP contribution in [0.25, 0.3) is 5.69 Å². The Bertz CT molecular complexity index is 629. The van der Waals surface area contributed by atoms with Crippen molar-refractivity contribution < 1.29 is 9.90 Å². The summed E-state index contributed by atoms with van der Waals surface area (Å²) in [7, 11) is 0. The van der Waals surface area contributed by atoms with Crippen molar-refractivity contribution in [3.8, 4) is 5.69 Å². The van der Waals surface area contributed by atoms with E-state index in [1.165, 1.54) is 0 Å². The van der Waals surface area contributed by atoms with Crippen LogP contribution in [-0.2, 0) is 6.42 Å². The van der Waals surface area contributed by atoms with E-state index in [-0.39, 0.29) is 11.6 Å². The van der Waals surface area contributed by atoms with Crippen LogP contribution < -0.4 is 0 Å². The third kappa shape index (κ3) is 2.01. The minimum Gasteiger partial charge on any atom is -0.476 e. The number of hydrogen-bond donors (Lipinski definition) is 1. The number of aromatic nitrogens is 3. The number of nitrogens with zero attached hydrogens (tertiary/aromatic N) is 3. The summed E-state index contributed by atoms with van der Waals surface area (Å²) in [4.78, 5) is 11.2. The summed E-state index contributed by atoms with van der Waals surface area (Å²) in [5.41, 5.74) is 2.92. The number of carbonyl (C=O) groups is 1. The van der Waals surface area contributed by atoms with Crippen molar-refractivity contribution in [2.45, 2.75) is 32.1 Å². The Morgan fingerprint density at radius 1 is 1.42 bits per heavy atom. The molecule has 0 spiro atoms. The van der Waals surface area contributed by atoms with Crippen molar-refractivity contribution >= 4 is 5.97 Å². The van der Waals surface area contributed by atoms with Gasteiger partial charge in [-0.15, -0.1) is 5.10 Å². The van der Waals surface area contributed by atoms with E-state index in [1.54, 1.807) is 4.68 Å². The topological polar surface area (TPSA) is 68.0 Å². The second kappa shape index (κ2) is 4.50. The molecule has 1 aliphatic rings. The highest BCUT2D eigenvalue weighted by Crippen LogP contribution is 2.42. The van der Waals surface area contributed by atoms with E-state index in [0.29, 0.717) is 0 Å². The van der Waals surface area contributed by atoms with Crippen molar-refractivity contribution in [1.29, 1.82) is 0 Å². The number of carboxylic acids is 1. The first kappa shape index (κ1) is 11.9. The zero-order valence-corrected chi connectivity index (χ0v) is 10.7. The standard InChI is InChI=1S/C14H15N3O2/c1-2-9-5-3-4-6-11(9)17-13(10-7-8-10)12(14(18)19)15-16-17/h3-6,10H,2,7-8H2,1H3,(H,18,19). The number of hydrogen-bond acceptors (Lipinski definition) is 3. The summed E-state index contributed by atoms with van der Waals surface area (Å²) in [6, 6.07) is 7.92. The predicted molar refractivity (Wildman–Crippen MR) is 69.7 cm³/mol. The molecule has 1 aliphatic carbocycles. The Hall–Kier alpha value is -2.17. The molecular formula is C14H15N3O2. The molecule has 5 nitrogen and oxygen atoms in total. The summed E-state index contributed by atoms with van der Waals surface area (Å²) in [5, 5.41) is 17.1. The van der Waals surface area contributed by atoms with Crippen molar-refractivity contribution in [1.82, 2.24) is 15.0 Å². The van der Waals surface area contributed by atoms with Crippen LogP contribution in [0.4, 0.5) is 0 Å². The largest absolute Gasteiger partial charge is 0.476 e. The lowest BCUT2D eigenvalue weighted by molar-refractivity contribution is 0.0689. The normalized spacial score (nSPS) is 14.6. The number of carboxylic acid groups (broad SMARTS) is 1. The van der Waals surface area contributed by atoms with E-state index >= 15 is 0 Å². The number of para-hydroxylation sites is 1. The van der Waals surface area contributed by atoms with Gasteiger partial charge in [-0.3, -0.25) is 0 Å². The molecule has 1 saturated carbocycles. The fourth-order valence-corrected chi connectivity index (χ4v) is 2.36. The van der Waals surface area contributed by atoms with E-state index in [1.807, 2.05) is 24.3 Å². The van der Waals surface area contributed by atoms with Crippen LogP contribution in [0.5, 0.6) is 0 Å². The summed E-state index contributed by atoms with van der Waals surface area (Å²) in [5.74, 6) is -0.715. The molecule has 1 aromatic carbocycles. The lowest BCUT2D eigenvalue weighted by atomic mass is 10.1. The number of rotatable bonds is 4. The quantitative estimate of drug-likeness (QED) is 0.913. The summed E-state index contributed by atoms with van der Waals surface area (Å²) in [6.07, 6.45) is 2.91. The molecule has 1 N–H and O–H groups in total. The van der Waals surface area contributed by atoms with E-state index in [0.717, 1.165) is 36.2 Å². The fraction of sp³-hybridized carbons (Fsp3) is 0.357. The van der Waals surface area contributed by atoms with Crippen LogP contribution in [0.1, 0.15) is 47.4 Å². The van der Waals surface area contributed by atoms with Crippen molar-refractivity contribution in [3.63, 3.8) is 0 Å². The van der Waals surface area contributed by atoms with Crippen LogP contribution >= 0.6 is 0 Å². The van der Waals surface area contributed by atoms with Gasteiger partial charge in [0.15, 0.2) is 5.69 Å². The molecule has 1 aromatic heterocycles. The van der Waals surface area contributed by atoms with Gasteiger partial charge in [-0.2, -0.15) is 0 Å². The maximum atomic E-state index is 11.2. The summed E-state index contributed by atoms with van der Waals surface area (Å²) in [6.45, 7) is 2.07. The van der Waals surface area contributed by atoms with Gasteiger partial charge in [0.2, 0.25) is 0 Å². The van der Waals surface area contributed by atoms with Gasteiger partial charge in [-0.05, 0) is 30.9 Å². The smallest absolute Gasteiger partial charge is 0.358 e. The molecule has 0 unspecified atom stereocenters. The Labute approximate surface area is 110 Å². The zero-order valence-electron chi connectivity index (χ0n) is 10.7. The average molecular weight is 257 g/mol. The lowest BCUT2D eigenvalue weighted by Gasteiger charge is -2.10. The van der Waals surface area contributed by atoms with Gasteiger partial charge in [0.1, 0.15) is 0 Å². The molecule has 0 saturated heterocycles. The highest BCUT2D eigenvalue weighted by atomic mass is 16.4. The Balaban J connectivity index is 2.17. The molecule has 0 amide bonds. The Morgan fingerprint density at radius 3 is 2.79 bits per heavy atom. The second-order valence-corrected chi connectivity index (χ2v) is 4.80. The summed E-state index contributed by atoms with van der Waals surface area (Å²) >= 11 is 0. The molecule has 0 radical (unpaired) electrons. The monoisotopic (exact) mass is 257 g/mol. The minimum absolute atomic E-state index is 0.0911. The van der Waals surface area contributed by atoms with E-state index < -0.39 is 5.97 Å². The van der Waals surface area contributed by atoms with Gasteiger partial charge in [-0.1, -0.05) is 30.3 Å². The second-order valence-electron chi connectivity index (χ2n) is 4.80. The summed E-state index contributed by atoms with van der Waals surface area (Å²) < 4.78 is 1.71. The average Bonchev–Trinajstić information content (AvgIpc) is 3.17. The van der Waals surface area contributed by atoms with Crippen molar-refractivity contribution in [3.05, 3.63) is 41.2 Å². The molecule has 19 heavy (non-hydrogen) atoms. The highest BCUT2D eigenvalue weighted by Gasteiger charge is 2.34. The first-order chi connectivity index (χ1) is 9.22. The van der Waals surface area contributed by atoms with Crippen LogP contribution in [-0.4, -0.2) is 26.1 Å². The molecule has 5 heteroatoms. The Morgan fingerprint density at radius 2 is 2.16 bits per heavy atom. The number of benzene rings is 1. The van der Waals surface area contributed by atoms with Crippen molar-refractivity contribution in [2.75, 3.05) is 0 Å². The maximum absolute atomic E-state index is 11.2. The van der Waals surface area contributed by atoms with Gasteiger partial charge < -0.3 is 5.11 Å². The van der Waals surface area contributed by atoms with E-state index in [4.69, 9.17) is 0 Å². The Kier molecular flexibility index (Phi) is 2.81. The molecule has 1 fully saturated rings. The minimum atomic E-state index is -0.998. The van der Waals surface area contributed by atoms with E-state index in [9.17, 15) is 9.90 Å². The van der Waals surface area contributed by atoms with E-state index in [2.05, 4.69) is 17.2 Å². The van der Waals surface area contributed by atoms with Crippen LogP contribution in [0.15, 0.2) is 24.3 Å². The molecule has 0 bridgehead atoms. The van der Waals surface area contributed by atoms with Crippen LogP contribution in [0.2, 0.25) is 0 Å². The van der Waals surface area contributed by atoms with Crippen LogP contribution in [0, 0.1) is 0 Å². The third-order valence-corrected chi connectivity index (χ3v) is 3.47. The third-order valence-electron chi connectivity index (χ3n) is 3.47. The molecule has 98 valence electrons. The highest BCUT2D eigenvalue weighted by molar-refractivity contribution is 5.87. The van der Waals surface area contributed by atoms with Crippen LogP contribution in [0.3, 0.4) is 0 Å². The molecule has 0 aliphatic heterocycles. The van der Waals surface area contributed by atoms with Gasteiger partial charge >= 0.3 is 5.97 Å². The zero-order chi connectivity index (χ0) is 13.4.